The van der Waals surface area contributed by atoms with Crippen molar-refractivity contribution in [3.05, 3.63) is 76.3 Å². The minimum absolute atomic E-state index is 0.163. The van der Waals surface area contributed by atoms with Crippen molar-refractivity contribution in [1.82, 2.24) is 5.01 Å². The number of amides is 2. The Labute approximate surface area is 180 Å². The van der Waals surface area contributed by atoms with Gasteiger partial charge in [0.15, 0.2) is 0 Å². The topological polar surface area (TPSA) is 59.0 Å². The minimum Gasteiger partial charge on any atom is -0.488 e. The summed E-state index contributed by atoms with van der Waals surface area (Å²) >= 11 is 6.16. The molecule has 152 valence electrons. The molecule has 30 heavy (non-hydrogen) atoms. The molecule has 2 amide bonds. The van der Waals surface area contributed by atoms with E-state index in [1.165, 1.54) is 6.21 Å². The van der Waals surface area contributed by atoms with E-state index in [0.29, 0.717) is 22.9 Å². The summed E-state index contributed by atoms with van der Waals surface area (Å²) in [7, 11) is 0. The number of hydrogen-bond donors (Lipinski definition) is 0. The van der Waals surface area contributed by atoms with E-state index in [2.05, 4.69) is 23.3 Å². The van der Waals surface area contributed by atoms with Crippen LogP contribution < -0.4 is 4.74 Å². The first-order chi connectivity index (χ1) is 14.5. The highest BCUT2D eigenvalue weighted by Crippen LogP contribution is 2.52. The normalized spacial score (nSPS) is 26.8. The van der Waals surface area contributed by atoms with Gasteiger partial charge in [0.05, 0.1) is 18.1 Å². The second-order valence-electron chi connectivity index (χ2n) is 8.19. The Bertz CT molecular complexity index is 1060. The third-order valence-corrected chi connectivity index (χ3v) is 6.44. The van der Waals surface area contributed by atoms with Crippen LogP contribution in [0, 0.1) is 30.6 Å². The first-order valence-electron chi connectivity index (χ1n) is 10.1. The summed E-state index contributed by atoms with van der Waals surface area (Å²) in [6, 6.07) is 13.3. The van der Waals surface area contributed by atoms with Gasteiger partial charge in [-0.1, -0.05) is 53.6 Å². The SMILES string of the molecule is Cc1cccc(COc2ccc(Cl)cc2C=NN2C(=O)C3C4C=CC(C4)C3C2=O)c1. The molecule has 1 heterocycles. The second kappa shape index (κ2) is 7.40. The molecular weight excluding hydrogens is 400 g/mol. The van der Waals surface area contributed by atoms with Crippen LogP contribution in [0.1, 0.15) is 23.1 Å². The number of imide groups is 1. The van der Waals surface area contributed by atoms with Crippen LogP contribution in [-0.2, 0) is 16.2 Å². The van der Waals surface area contributed by atoms with Crippen LogP contribution >= 0.6 is 11.6 Å². The lowest BCUT2D eigenvalue weighted by molar-refractivity contribution is -0.140. The molecule has 1 aliphatic heterocycles. The lowest BCUT2D eigenvalue weighted by Crippen LogP contribution is -2.28. The Kier molecular flexibility index (Phi) is 4.70. The number of halogens is 1. The molecule has 4 atom stereocenters. The van der Waals surface area contributed by atoms with Gasteiger partial charge >= 0.3 is 0 Å². The van der Waals surface area contributed by atoms with Gasteiger partial charge in [0.25, 0.3) is 11.8 Å². The summed E-state index contributed by atoms with van der Waals surface area (Å²) < 4.78 is 5.97. The molecule has 2 aromatic carbocycles. The second-order valence-corrected chi connectivity index (χ2v) is 8.63. The number of nitrogens with zero attached hydrogens (tertiary/aromatic N) is 2. The van der Waals surface area contributed by atoms with Crippen molar-refractivity contribution in [2.75, 3.05) is 0 Å². The van der Waals surface area contributed by atoms with Crippen molar-refractivity contribution < 1.29 is 14.3 Å². The van der Waals surface area contributed by atoms with E-state index in [9.17, 15) is 9.59 Å². The third-order valence-electron chi connectivity index (χ3n) is 6.21. The van der Waals surface area contributed by atoms with Crippen molar-refractivity contribution in [1.29, 1.82) is 0 Å². The van der Waals surface area contributed by atoms with Crippen molar-refractivity contribution in [3.63, 3.8) is 0 Å². The molecular formula is C24H21ClN2O3. The molecule has 1 saturated carbocycles. The fourth-order valence-electron chi connectivity index (χ4n) is 4.83. The molecule has 1 saturated heterocycles. The van der Waals surface area contributed by atoms with Crippen LogP contribution in [0.3, 0.4) is 0 Å². The maximum Gasteiger partial charge on any atom is 0.254 e. The van der Waals surface area contributed by atoms with Gasteiger partial charge < -0.3 is 4.74 Å². The Morgan fingerprint density at radius 2 is 1.83 bits per heavy atom. The van der Waals surface area contributed by atoms with Crippen LogP contribution in [0.4, 0.5) is 0 Å². The van der Waals surface area contributed by atoms with E-state index >= 15 is 0 Å². The molecule has 4 unspecified atom stereocenters. The molecule has 3 aliphatic rings. The highest BCUT2D eigenvalue weighted by Gasteiger charge is 2.59. The largest absolute Gasteiger partial charge is 0.488 e. The van der Waals surface area contributed by atoms with Gasteiger partial charge in [0, 0.05) is 10.6 Å². The van der Waals surface area contributed by atoms with Gasteiger partial charge in [0.1, 0.15) is 12.4 Å². The number of allylic oxidation sites excluding steroid dienone is 2. The van der Waals surface area contributed by atoms with Crippen molar-refractivity contribution in [3.8, 4) is 5.75 Å². The van der Waals surface area contributed by atoms with E-state index in [1.807, 2.05) is 25.1 Å². The van der Waals surface area contributed by atoms with Gasteiger partial charge in [-0.05, 0) is 48.9 Å². The monoisotopic (exact) mass is 420 g/mol. The summed E-state index contributed by atoms with van der Waals surface area (Å²) in [5.74, 6) is -0.0235. The number of carbonyl (C=O) groups is 2. The number of benzene rings is 2. The maximum atomic E-state index is 12.8. The number of aryl methyl sites for hydroxylation is 1. The molecule has 5 nitrogen and oxygen atoms in total. The van der Waals surface area contributed by atoms with Crippen molar-refractivity contribution >= 4 is 29.6 Å². The number of rotatable bonds is 5. The first-order valence-corrected chi connectivity index (χ1v) is 10.5. The smallest absolute Gasteiger partial charge is 0.254 e. The van der Waals surface area contributed by atoms with Gasteiger partial charge in [-0.2, -0.15) is 10.1 Å². The average Bonchev–Trinajstić information content (AvgIpc) is 3.40. The number of carbonyl (C=O) groups excluding carboxylic acids is 2. The maximum absolute atomic E-state index is 12.8. The van der Waals surface area contributed by atoms with Crippen LogP contribution in [0.5, 0.6) is 5.75 Å². The van der Waals surface area contributed by atoms with Crippen LogP contribution in [0.25, 0.3) is 0 Å². The van der Waals surface area contributed by atoms with Crippen molar-refractivity contribution in [2.45, 2.75) is 20.0 Å². The fraction of sp³-hybridized carbons (Fsp3) is 0.292. The molecule has 0 radical (unpaired) electrons. The number of ether oxygens (including phenoxy) is 1. The lowest BCUT2D eigenvalue weighted by Gasteiger charge is -2.13. The molecule has 2 aliphatic carbocycles. The molecule has 2 aromatic rings. The van der Waals surface area contributed by atoms with E-state index in [4.69, 9.17) is 16.3 Å². The van der Waals surface area contributed by atoms with Gasteiger partial charge in [0.2, 0.25) is 0 Å². The van der Waals surface area contributed by atoms with E-state index in [1.54, 1.807) is 18.2 Å². The molecule has 5 rings (SSSR count). The molecule has 6 heteroatoms. The summed E-state index contributed by atoms with van der Waals surface area (Å²) in [4.78, 5) is 25.6. The highest BCUT2D eigenvalue weighted by atomic mass is 35.5. The zero-order valence-corrected chi connectivity index (χ0v) is 17.3. The summed E-state index contributed by atoms with van der Waals surface area (Å²) in [5, 5.41) is 5.81. The Morgan fingerprint density at radius 3 is 2.53 bits per heavy atom. The number of hydrogen-bond acceptors (Lipinski definition) is 4. The quantitative estimate of drug-likeness (QED) is 0.410. The number of fused-ring (bicyclic) bond motifs is 5. The summed E-state index contributed by atoms with van der Waals surface area (Å²) in [6.07, 6.45) is 6.52. The van der Waals surface area contributed by atoms with Crippen LogP contribution in [-0.4, -0.2) is 23.0 Å². The van der Waals surface area contributed by atoms with Gasteiger partial charge in [-0.25, -0.2) is 0 Å². The third kappa shape index (κ3) is 3.23. The molecule has 0 spiro atoms. The Hall–Kier alpha value is -2.92. The van der Waals surface area contributed by atoms with Crippen LogP contribution in [0.2, 0.25) is 5.02 Å². The average molecular weight is 421 g/mol. The molecule has 0 aromatic heterocycles. The standard InChI is InChI=1S/C24H21ClN2O3/c1-14-3-2-4-15(9-14)13-30-20-8-7-19(25)11-18(20)12-26-27-23(28)21-16-5-6-17(10-16)22(21)24(27)29/h2-9,11-12,16-17,21-22H,10,13H2,1H3. The Morgan fingerprint density at radius 1 is 1.10 bits per heavy atom. The zero-order chi connectivity index (χ0) is 20.8. The Balaban J connectivity index is 1.36. The lowest BCUT2D eigenvalue weighted by atomic mass is 9.85. The number of hydrazone groups is 1. The molecule has 2 fully saturated rings. The van der Waals surface area contributed by atoms with E-state index in [-0.39, 0.29) is 35.5 Å². The fourth-order valence-corrected chi connectivity index (χ4v) is 5.02. The predicted molar refractivity (Wildman–Crippen MR) is 114 cm³/mol. The summed E-state index contributed by atoms with van der Waals surface area (Å²) in [6.45, 7) is 2.43. The zero-order valence-electron chi connectivity index (χ0n) is 16.5. The summed E-state index contributed by atoms with van der Waals surface area (Å²) in [5.41, 5.74) is 2.83. The van der Waals surface area contributed by atoms with Gasteiger partial charge in [-0.3, -0.25) is 9.59 Å². The van der Waals surface area contributed by atoms with E-state index in [0.717, 1.165) is 22.6 Å². The molecule has 2 bridgehead atoms. The van der Waals surface area contributed by atoms with Gasteiger partial charge in [-0.15, -0.1) is 0 Å². The first kappa shape index (κ1) is 19.1. The van der Waals surface area contributed by atoms with E-state index < -0.39 is 0 Å². The minimum atomic E-state index is -0.263. The highest BCUT2D eigenvalue weighted by molar-refractivity contribution is 6.31. The predicted octanol–water partition coefficient (Wildman–Crippen LogP) is 4.37. The van der Waals surface area contributed by atoms with Crippen molar-refractivity contribution in [2.24, 2.45) is 28.8 Å². The molecule has 0 N–H and O–H groups in total. The van der Waals surface area contributed by atoms with Crippen LogP contribution in [0.15, 0.2) is 59.7 Å².